The van der Waals surface area contributed by atoms with Crippen LogP contribution in [0.4, 0.5) is 11.5 Å². The van der Waals surface area contributed by atoms with Crippen molar-refractivity contribution in [3.05, 3.63) is 47.5 Å². The maximum Gasteiger partial charge on any atom is 0.331 e. The first-order valence-electron chi connectivity index (χ1n) is 9.09. The molecule has 0 aliphatic carbocycles. The van der Waals surface area contributed by atoms with Gasteiger partial charge in [-0.25, -0.2) is 9.78 Å². The average Bonchev–Trinajstić information content (AvgIpc) is 3.06. The molecule has 2 aromatic heterocycles. The van der Waals surface area contributed by atoms with Crippen LogP contribution in [0.25, 0.3) is 27.3 Å². The number of aromatic nitrogens is 1. The lowest BCUT2D eigenvalue weighted by Gasteiger charge is -2.17. The van der Waals surface area contributed by atoms with Gasteiger partial charge in [0.1, 0.15) is 11.4 Å². The number of carbonyl (C=O) groups excluding carboxylic acids is 2. The summed E-state index contributed by atoms with van der Waals surface area (Å²) in [4.78, 5) is 27.5. The summed E-state index contributed by atoms with van der Waals surface area (Å²) >= 11 is 1.54. The third-order valence-electron chi connectivity index (χ3n) is 3.97. The monoisotopic (exact) mass is 409 g/mol. The summed E-state index contributed by atoms with van der Waals surface area (Å²) < 4.78 is 6.25. The number of esters is 1. The van der Waals surface area contributed by atoms with Crippen molar-refractivity contribution in [1.82, 2.24) is 4.98 Å². The van der Waals surface area contributed by atoms with Crippen LogP contribution >= 0.6 is 11.3 Å². The molecule has 1 amide bonds. The van der Waals surface area contributed by atoms with E-state index < -0.39 is 11.6 Å². The van der Waals surface area contributed by atoms with Crippen LogP contribution < -0.4 is 11.1 Å². The molecule has 0 saturated heterocycles. The summed E-state index contributed by atoms with van der Waals surface area (Å²) in [5.41, 5.74) is 9.07. The molecule has 29 heavy (non-hydrogen) atoms. The van der Waals surface area contributed by atoms with Gasteiger partial charge in [-0.3, -0.25) is 4.79 Å². The molecule has 0 bridgehead atoms. The fourth-order valence-corrected chi connectivity index (χ4v) is 3.93. The van der Waals surface area contributed by atoms with Crippen molar-refractivity contribution in [1.29, 1.82) is 0 Å². The van der Waals surface area contributed by atoms with Crippen molar-refractivity contribution in [3.63, 3.8) is 0 Å². The van der Waals surface area contributed by atoms with Gasteiger partial charge in [0.05, 0.1) is 0 Å². The number of fused-ring (bicyclic) bond motifs is 1. The number of pyridine rings is 1. The van der Waals surface area contributed by atoms with E-state index in [2.05, 4.69) is 10.3 Å². The Balaban J connectivity index is 1.95. The second-order valence-electron chi connectivity index (χ2n) is 7.58. The Kier molecular flexibility index (Phi) is 5.70. The van der Waals surface area contributed by atoms with Crippen LogP contribution in [0, 0.1) is 0 Å². The first-order chi connectivity index (χ1) is 13.6. The number of hydrogen-bond donors (Lipinski definition) is 2. The van der Waals surface area contributed by atoms with Crippen molar-refractivity contribution in [2.24, 2.45) is 0 Å². The number of nitrogens with zero attached hydrogens (tertiary/aromatic N) is 1. The smallest absolute Gasteiger partial charge is 0.331 e. The fraction of sp³-hybridized carbons (Fsp3) is 0.227. The van der Waals surface area contributed by atoms with Gasteiger partial charge in [0.15, 0.2) is 0 Å². The molecule has 0 saturated carbocycles. The highest BCUT2D eigenvalue weighted by Crippen LogP contribution is 2.39. The average molecular weight is 410 g/mol. The zero-order valence-corrected chi connectivity index (χ0v) is 17.6. The largest absolute Gasteiger partial charge is 0.457 e. The van der Waals surface area contributed by atoms with Crippen LogP contribution in [-0.2, 0) is 14.3 Å². The Bertz CT molecular complexity index is 1090. The van der Waals surface area contributed by atoms with Gasteiger partial charge in [-0.1, -0.05) is 12.1 Å². The highest BCUT2D eigenvalue weighted by molar-refractivity contribution is 7.18. The quantitative estimate of drug-likeness (QED) is 0.474. The minimum Gasteiger partial charge on any atom is -0.457 e. The summed E-state index contributed by atoms with van der Waals surface area (Å²) in [5.74, 6) is -0.0991. The van der Waals surface area contributed by atoms with E-state index in [1.54, 1.807) is 12.3 Å². The molecule has 3 N–H and O–H groups in total. The SMILES string of the molecule is CC(=O)Nc1ccc(-c2csc3c(C=CC(=O)OC(C)(C)C)cnc(N)c23)cc1. The molecule has 6 nitrogen and oxygen atoms in total. The number of nitrogens with one attached hydrogen (secondary N) is 1. The molecule has 150 valence electrons. The van der Waals surface area contributed by atoms with Crippen LogP contribution in [0.1, 0.15) is 33.3 Å². The van der Waals surface area contributed by atoms with Crippen molar-refractivity contribution in [2.75, 3.05) is 11.1 Å². The van der Waals surface area contributed by atoms with Gasteiger partial charge in [-0.05, 0) is 49.9 Å². The Hall–Kier alpha value is -3.19. The Morgan fingerprint density at radius 1 is 1.21 bits per heavy atom. The zero-order valence-electron chi connectivity index (χ0n) is 16.8. The van der Waals surface area contributed by atoms with E-state index in [1.165, 1.54) is 24.3 Å². The van der Waals surface area contributed by atoms with Gasteiger partial charge < -0.3 is 15.8 Å². The molecule has 2 heterocycles. The minimum atomic E-state index is -0.546. The fourth-order valence-electron chi connectivity index (χ4n) is 2.85. The number of benzene rings is 1. The molecule has 0 atom stereocenters. The summed E-state index contributed by atoms with van der Waals surface area (Å²) in [7, 11) is 0. The van der Waals surface area contributed by atoms with E-state index in [4.69, 9.17) is 10.5 Å². The summed E-state index contributed by atoms with van der Waals surface area (Å²) in [6.07, 6.45) is 4.75. The van der Waals surface area contributed by atoms with Gasteiger partial charge in [-0.2, -0.15) is 0 Å². The van der Waals surface area contributed by atoms with Gasteiger partial charge >= 0.3 is 5.97 Å². The molecule has 0 radical (unpaired) electrons. The number of rotatable bonds is 4. The lowest BCUT2D eigenvalue weighted by Crippen LogP contribution is -2.22. The number of amides is 1. The summed E-state index contributed by atoms with van der Waals surface area (Å²) in [6, 6.07) is 7.54. The van der Waals surface area contributed by atoms with E-state index in [-0.39, 0.29) is 5.91 Å². The number of nitrogens with two attached hydrogens (primary N) is 1. The Morgan fingerprint density at radius 2 is 1.90 bits per heavy atom. The third kappa shape index (κ3) is 5.00. The number of nitrogen functional groups attached to an aromatic ring is 1. The lowest BCUT2D eigenvalue weighted by molar-refractivity contribution is -0.148. The van der Waals surface area contributed by atoms with Gasteiger partial charge in [0.25, 0.3) is 0 Å². The number of carbonyl (C=O) groups is 2. The highest BCUT2D eigenvalue weighted by Gasteiger charge is 2.16. The van der Waals surface area contributed by atoms with Crippen molar-refractivity contribution >= 4 is 50.9 Å². The lowest BCUT2D eigenvalue weighted by atomic mass is 10.0. The molecule has 0 unspecified atom stereocenters. The van der Waals surface area contributed by atoms with E-state index in [9.17, 15) is 9.59 Å². The molecule has 3 rings (SSSR count). The van der Waals surface area contributed by atoms with Crippen LogP contribution in [-0.4, -0.2) is 22.5 Å². The van der Waals surface area contributed by atoms with Gasteiger partial charge in [0.2, 0.25) is 5.91 Å². The molecular formula is C22H23N3O3S. The van der Waals surface area contributed by atoms with Crippen LogP contribution in [0.15, 0.2) is 41.9 Å². The zero-order chi connectivity index (χ0) is 21.2. The molecule has 3 aromatic rings. The van der Waals surface area contributed by atoms with E-state index in [1.807, 2.05) is 50.4 Å². The van der Waals surface area contributed by atoms with E-state index in [0.717, 1.165) is 32.5 Å². The Labute approximate surface area is 173 Å². The maximum absolute atomic E-state index is 12.0. The summed E-state index contributed by atoms with van der Waals surface area (Å²) in [6.45, 7) is 6.94. The normalized spacial score (nSPS) is 11.7. The first-order valence-corrected chi connectivity index (χ1v) is 9.97. The summed E-state index contributed by atoms with van der Waals surface area (Å²) in [5, 5.41) is 5.61. The van der Waals surface area contributed by atoms with Gasteiger partial charge in [0, 0.05) is 46.1 Å². The van der Waals surface area contributed by atoms with E-state index >= 15 is 0 Å². The minimum absolute atomic E-state index is 0.117. The number of ether oxygens (including phenoxy) is 1. The maximum atomic E-state index is 12.0. The number of anilines is 2. The van der Waals surface area contributed by atoms with E-state index in [0.29, 0.717) is 5.82 Å². The number of thiophene rings is 1. The van der Waals surface area contributed by atoms with Gasteiger partial charge in [-0.15, -0.1) is 11.3 Å². The van der Waals surface area contributed by atoms with Crippen LogP contribution in [0.5, 0.6) is 0 Å². The standard InChI is InChI=1S/C22H23N3O3S/c1-13(26)25-16-8-5-14(6-9-16)17-12-29-20-15(11-24-21(23)19(17)20)7-10-18(27)28-22(2,3)4/h5-12H,1-4H3,(H2,23,24)(H,25,26). The molecule has 7 heteroatoms. The topological polar surface area (TPSA) is 94.3 Å². The molecule has 0 fully saturated rings. The van der Waals surface area contributed by atoms with Crippen LogP contribution in [0.3, 0.4) is 0 Å². The Morgan fingerprint density at radius 3 is 2.52 bits per heavy atom. The predicted molar refractivity (Wildman–Crippen MR) is 119 cm³/mol. The molecule has 0 aliphatic rings. The van der Waals surface area contributed by atoms with Crippen molar-refractivity contribution < 1.29 is 14.3 Å². The second kappa shape index (κ2) is 8.05. The highest BCUT2D eigenvalue weighted by atomic mass is 32.1. The molecule has 1 aromatic carbocycles. The van der Waals surface area contributed by atoms with Crippen LogP contribution in [0.2, 0.25) is 0 Å². The third-order valence-corrected chi connectivity index (χ3v) is 5.00. The molecule has 0 aliphatic heterocycles. The predicted octanol–water partition coefficient (Wildman–Crippen LogP) is 4.86. The first kappa shape index (κ1) is 20.5. The second-order valence-corrected chi connectivity index (χ2v) is 8.46. The molecular weight excluding hydrogens is 386 g/mol. The van der Waals surface area contributed by atoms with Crippen molar-refractivity contribution in [3.8, 4) is 11.1 Å². The number of hydrogen-bond acceptors (Lipinski definition) is 6. The molecule has 0 spiro atoms. The van der Waals surface area contributed by atoms with Crippen molar-refractivity contribution in [2.45, 2.75) is 33.3 Å².